The smallest absolute Gasteiger partial charge is 0.323 e. The van der Waals surface area contributed by atoms with E-state index in [1.54, 1.807) is 0 Å². The zero-order chi connectivity index (χ0) is 18.0. The van der Waals surface area contributed by atoms with Crippen molar-refractivity contribution in [1.29, 1.82) is 0 Å². The first-order valence-electron chi connectivity index (χ1n) is 8.58. The molecule has 0 unspecified atom stereocenters. The third-order valence-electron chi connectivity index (χ3n) is 4.94. The van der Waals surface area contributed by atoms with Crippen molar-refractivity contribution in [3.8, 4) is 0 Å². The van der Waals surface area contributed by atoms with Gasteiger partial charge in [0.1, 0.15) is 5.70 Å². The largest absolute Gasteiger partial charge is 0.395 e. The summed E-state index contributed by atoms with van der Waals surface area (Å²) in [6.45, 7) is 5.73. The minimum atomic E-state index is -0.493. The van der Waals surface area contributed by atoms with E-state index >= 15 is 0 Å². The lowest BCUT2D eigenvalue weighted by atomic mass is 9.81. The Morgan fingerprint density at radius 1 is 1.16 bits per heavy atom. The molecule has 132 valence electrons. The highest BCUT2D eigenvalue weighted by Gasteiger charge is 2.28. The second-order valence-corrected chi connectivity index (χ2v) is 6.78. The Morgan fingerprint density at radius 2 is 1.80 bits per heavy atom. The maximum atomic E-state index is 12.4. The van der Waals surface area contributed by atoms with Crippen LogP contribution in [0.2, 0.25) is 0 Å². The molecule has 1 heterocycles. The molecule has 0 atom stereocenters. The van der Waals surface area contributed by atoms with E-state index in [-0.39, 0.29) is 29.0 Å². The van der Waals surface area contributed by atoms with Crippen molar-refractivity contribution in [1.82, 2.24) is 16.0 Å². The maximum Gasteiger partial charge on any atom is 0.323 e. The summed E-state index contributed by atoms with van der Waals surface area (Å²) in [7, 11) is 0. The van der Waals surface area contributed by atoms with Crippen molar-refractivity contribution in [2.75, 3.05) is 0 Å². The molecule has 3 amide bonds. The average Bonchev–Trinajstić information content (AvgIpc) is 2.59. The number of carbonyl (C=O) groups is 2. The molecule has 6 nitrogen and oxygen atoms in total. The number of urea groups is 1. The summed E-state index contributed by atoms with van der Waals surface area (Å²) in [6, 6.07) is 8.28. The van der Waals surface area contributed by atoms with Crippen LogP contribution in [-0.4, -0.2) is 18.0 Å². The fourth-order valence-corrected chi connectivity index (χ4v) is 3.41. The zero-order valence-electron chi connectivity index (χ0n) is 14.4. The first kappa shape index (κ1) is 17.1. The Kier molecular flexibility index (Phi) is 4.79. The predicted octanol–water partition coefficient (Wildman–Crippen LogP) is 2.13. The fraction of sp³-hybridized carbons (Fsp3) is 0.368. The molecule has 0 spiro atoms. The van der Waals surface area contributed by atoms with Gasteiger partial charge in [-0.1, -0.05) is 36.4 Å². The third-order valence-corrected chi connectivity index (χ3v) is 4.94. The number of amides is 3. The molecule has 1 aliphatic heterocycles. The van der Waals surface area contributed by atoms with Gasteiger partial charge in [0, 0.05) is 6.04 Å². The lowest BCUT2D eigenvalue weighted by molar-refractivity contribution is -0.118. The lowest BCUT2D eigenvalue weighted by Gasteiger charge is -2.30. The van der Waals surface area contributed by atoms with Crippen LogP contribution in [0.3, 0.4) is 0 Å². The quantitative estimate of drug-likeness (QED) is 0.679. The highest BCUT2D eigenvalue weighted by Crippen LogP contribution is 2.33. The highest BCUT2D eigenvalue weighted by atomic mass is 16.2. The van der Waals surface area contributed by atoms with E-state index in [1.807, 2.05) is 0 Å². The molecular weight excluding hydrogens is 316 g/mol. The lowest BCUT2D eigenvalue weighted by Crippen LogP contribution is -2.49. The standard InChI is InChI=1S/C19H24N4O2/c1-11-3-5-13(6-4-11)14-7-9-15(10-8-14)22-18(24)17-16(20)12(2)21-19(25)23-17/h3-6,14-15H,2,7-10,20H2,1H3,(H,22,24)(H2,21,23,25). The highest BCUT2D eigenvalue weighted by molar-refractivity contribution is 6.00. The maximum absolute atomic E-state index is 12.4. The van der Waals surface area contributed by atoms with E-state index in [9.17, 15) is 9.59 Å². The SMILES string of the molecule is C=C1NC(=O)NC(C(=O)NC2CCC(c3ccc(C)cc3)CC2)=C1N. The first-order valence-corrected chi connectivity index (χ1v) is 8.58. The van der Waals surface area contributed by atoms with E-state index in [1.165, 1.54) is 11.1 Å². The van der Waals surface area contributed by atoms with Crippen molar-refractivity contribution in [3.63, 3.8) is 0 Å². The van der Waals surface area contributed by atoms with Gasteiger partial charge < -0.3 is 21.7 Å². The van der Waals surface area contributed by atoms with E-state index in [0.717, 1.165) is 25.7 Å². The van der Waals surface area contributed by atoms with Crippen LogP contribution in [0.15, 0.2) is 47.9 Å². The zero-order valence-corrected chi connectivity index (χ0v) is 14.4. The number of rotatable bonds is 3. The van der Waals surface area contributed by atoms with E-state index in [4.69, 9.17) is 5.73 Å². The van der Waals surface area contributed by atoms with Crippen molar-refractivity contribution < 1.29 is 9.59 Å². The van der Waals surface area contributed by atoms with Crippen LogP contribution >= 0.6 is 0 Å². The first-order chi connectivity index (χ1) is 11.9. The van der Waals surface area contributed by atoms with Crippen LogP contribution in [-0.2, 0) is 4.79 Å². The van der Waals surface area contributed by atoms with Crippen molar-refractivity contribution in [2.45, 2.75) is 44.6 Å². The van der Waals surface area contributed by atoms with Crippen LogP contribution in [0.5, 0.6) is 0 Å². The van der Waals surface area contributed by atoms with Crippen LogP contribution in [0.25, 0.3) is 0 Å². The molecule has 0 bridgehead atoms. The Hall–Kier alpha value is -2.76. The molecule has 5 N–H and O–H groups in total. The number of hydrogen-bond donors (Lipinski definition) is 4. The molecule has 0 saturated heterocycles. The minimum absolute atomic E-state index is 0.0782. The second-order valence-electron chi connectivity index (χ2n) is 6.78. The topological polar surface area (TPSA) is 96.2 Å². The summed E-state index contributed by atoms with van der Waals surface area (Å²) >= 11 is 0. The number of nitrogens with one attached hydrogen (secondary N) is 3. The van der Waals surface area contributed by atoms with Gasteiger partial charge in [0.2, 0.25) is 0 Å². The van der Waals surface area contributed by atoms with E-state index < -0.39 is 6.03 Å². The summed E-state index contributed by atoms with van der Waals surface area (Å²) in [5.41, 5.74) is 8.97. The summed E-state index contributed by atoms with van der Waals surface area (Å²) in [5, 5.41) is 7.88. The molecular formula is C19H24N4O2. The Balaban J connectivity index is 1.58. The van der Waals surface area contributed by atoms with Gasteiger partial charge in [-0.15, -0.1) is 0 Å². The molecule has 25 heavy (non-hydrogen) atoms. The molecule has 1 aromatic rings. The fourth-order valence-electron chi connectivity index (χ4n) is 3.41. The number of hydrogen-bond acceptors (Lipinski definition) is 3. The monoisotopic (exact) mass is 340 g/mol. The van der Waals surface area contributed by atoms with Gasteiger partial charge in [-0.25, -0.2) is 4.79 Å². The summed E-state index contributed by atoms with van der Waals surface area (Å²) < 4.78 is 0. The number of aryl methyl sites for hydroxylation is 1. The number of benzene rings is 1. The summed E-state index contributed by atoms with van der Waals surface area (Å²) in [6.07, 6.45) is 3.88. The normalized spacial score (nSPS) is 23.7. The van der Waals surface area contributed by atoms with Gasteiger partial charge >= 0.3 is 6.03 Å². The van der Waals surface area contributed by atoms with E-state index in [0.29, 0.717) is 5.92 Å². The van der Waals surface area contributed by atoms with Crippen molar-refractivity contribution in [3.05, 3.63) is 59.1 Å². The Morgan fingerprint density at radius 3 is 2.44 bits per heavy atom. The van der Waals surface area contributed by atoms with Crippen LogP contribution in [0.4, 0.5) is 4.79 Å². The van der Waals surface area contributed by atoms with Crippen LogP contribution < -0.4 is 21.7 Å². The van der Waals surface area contributed by atoms with Gasteiger partial charge in [0.15, 0.2) is 0 Å². The van der Waals surface area contributed by atoms with Crippen LogP contribution in [0, 0.1) is 6.92 Å². The summed E-state index contributed by atoms with van der Waals surface area (Å²) in [5.74, 6) is 0.184. The van der Waals surface area contributed by atoms with Crippen molar-refractivity contribution in [2.24, 2.45) is 5.73 Å². The number of carbonyl (C=O) groups excluding carboxylic acids is 2. The molecule has 0 aromatic heterocycles. The molecule has 1 aromatic carbocycles. The molecule has 0 radical (unpaired) electrons. The third kappa shape index (κ3) is 3.84. The molecule has 1 saturated carbocycles. The predicted molar refractivity (Wildman–Crippen MR) is 96.3 cm³/mol. The van der Waals surface area contributed by atoms with Gasteiger partial charge in [0.25, 0.3) is 5.91 Å². The van der Waals surface area contributed by atoms with Gasteiger partial charge in [0.05, 0.1) is 11.4 Å². The number of nitrogens with two attached hydrogens (primary N) is 1. The molecule has 2 aliphatic rings. The molecule has 1 aliphatic carbocycles. The van der Waals surface area contributed by atoms with Gasteiger partial charge in [-0.2, -0.15) is 0 Å². The molecule has 6 heteroatoms. The summed E-state index contributed by atoms with van der Waals surface area (Å²) in [4.78, 5) is 23.9. The second kappa shape index (κ2) is 7.01. The average molecular weight is 340 g/mol. The van der Waals surface area contributed by atoms with Gasteiger partial charge in [-0.05, 0) is 44.1 Å². The van der Waals surface area contributed by atoms with Crippen molar-refractivity contribution >= 4 is 11.9 Å². The molecule has 3 rings (SSSR count). The van der Waals surface area contributed by atoms with Crippen LogP contribution in [0.1, 0.15) is 42.7 Å². The Bertz CT molecular complexity index is 728. The minimum Gasteiger partial charge on any atom is -0.395 e. The molecule has 1 fully saturated rings. The van der Waals surface area contributed by atoms with Gasteiger partial charge in [-0.3, -0.25) is 4.79 Å². The van der Waals surface area contributed by atoms with E-state index in [2.05, 4.69) is 53.7 Å². The Labute approximate surface area is 147 Å².